The van der Waals surface area contributed by atoms with Crippen LogP contribution >= 0.6 is 0 Å². The Balaban J connectivity index is 2.84. The molecule has 1 rings (SSSR count). The molecule has 0 fully saturated rings. The lowest BCUT2D eigenvalue weighted by molar-refractivity contribution is -0.0118. The lowest BCUT2D eigenvalue weighted by Crippen LogP contribution is -2.15. The summed E-state index contributed by atoms with van der Waals surface area (Å²) in [6, 6.07) is 2.74. The van der Waals surface area contributed by atoms with E-state index >= 15 is 0 Å². The Kier molecular flexibility index (Phi) is 12.0. The molecule has 0 aliphatic heterocycles. The van der Waals surface area contributed by atoms with Gasteiger partial charge in [0.15, 0.2) is 0 Å². The number of carboxylic acid groups (broad SMARTS) is 2. The third-order valence-electron chi connectivity index (χ3n) is 3.68. The third kappa shape index (κ3) is 8.30. The van der Waals surface area contributed by atoms with E-state index in [0.29, 0.717) is 25.0 Å². The van der Waals surface area contributed by atoms with E-state index in [2.05, 4.69) is 0 Å². The van der Waals surface area contributed by atoms with Crippen molar-refractivity contribution in [3.05, 3.63) is 34.4 Å². The molecule has 28 heavy (non-hydrogen) atoms. The number of aliphatic hydroxyl groups is 2. The maximum atomic E-state index is 11.8. The molecule has 4 N–H and O–H groups in total. The van der Waals surface area contributed by atoms with Crippen LogP contribution in [0.25, 0.3) is 0 Å². The van der Waals surface area contributed by atoms with E-state index in [9.17, 15) is 19.8 Å². The molecular formula is C18H26O10. The molecule has 1 aromatic rings. The largest absolute Gasteiger partial charge is 0.478 e. The average molecular weight is 402 g/mol. The molecule has 0 unspecified atom stereocenters. The molecule has 0 saturated heterocycles. The molecule has 0 aliphatic carbocycles. The van der Waals surface area contributed by atoms with Crippen LogP contribution in [0.15, 0.2) is 12.1 Å². The first-order valence-corrected chi connectivity index (χ1v) is 8.67. The van der Waals surface area contributed by atoms with Crippen molar-refractivity contribution in [1.82, 2.24) is 0 Å². The fourth-order valence-electron chi connectivity index (χ4n) is 2.44. The highest BCUT2D eigenvalue weighted by molar-refractivity contribution is 5.97. The van der Waals surface area contributed by atoms with Gasteiger partial charge in [-0.2, -0.15) is 0 Å². The van der Waals surface area contributed by atoms with Crippen molar-refractivity contribution in [2.45, 2.75) is 26.1 Å². The number of aromatic carboxylic acids is 2. The minimum atomic E-state index is -1.27. The summed E-state index contributed by atoms with van der Waals surface area (Å²) in [7, 11) is 0. The van der Waals surface area contributed by atoms with Gasteiger partial charge in [0.2, 0.25) is 0 Å². The molecule has 0 atom stereocenters. The average Bonchev–Trinajstić information content (AvgIpc) is 2.66. The highest BCUT2D eigenvalue weighted by Gasteiger charge is 2.22. The van der Waals surface area contributed by atoms with Gasteiger partial charge in [0.1, 0.15) is 13.6 Å². The zero-order valence-corrected chi connectivity index (χ0v) is 15.5. The van der Waals surface area contributed by atoms with E-state index < -0.39 is 18.7 Å². The zero-order valence-electron chi connectivity index (χ0n) is 15.5. The Hall–Kier alpha value is -2.08. The third-order valence-corrected chi connectivity index (χ3v) is 3.68. The Morgan fingerprint density at radius 2 is 1.29 bits per heavy atom. The van der Waals surface area contributed by atoms with Gasteiger partial charge < -0.3 is 39.4 Å². The van der Waals surface area contributed by atoms with Crippen molar-refractivity contribution in [3.8, 4) is 0 Å². The molecule has 0 bridgehead atoms. The lowest BCUT2D eigenvalue weighted by atomic mass is 9.96. The lowest BCUT2D eigenvalue weighted by Gasteiger charge is -2.15. The Morgan fingerprint density at radius 3 is 1.79 bits per heavy atom. The minimum absolute atomic E-state index is 0.0159. The van der Waals surface area contributed by atoms with Crippen LogP contribution in [0.3, 0.4) is 0 Å². The van der Waals surface area contributed by atoms with E-state index in [1.165, 1.54) is 12.1 Å². The fraction of sp³-hybridized carbons (Fsp3) is 0.556. The van der Waals surface area contributed by atoms with E-state index in [0.717, 1.165) is 0 Å². The zero-order chi connectivity index (χ0) is 20.8. The van der Waals surface area contributed by atoms with Crippen LogP contribution in [0.1, 0.15) is 44.7 Å². The standard InChI is InChI=1S/C18H26O10/c19-11-27-7-1-5-25-9-13-3-4-14(17(21)22)15(16(13)18(23)24)10-26-6-2-8-28-12-20/h3-4,19-20H,1-2,5-12H2,(H,21,22)(H,23,24). The fourth-order valence-corrected chi connectivity index (χ4v) is 2.44. The van der Waals surface area contributed by atoms with Crippen LogP contribution in [-0.2, 0) is 32.2 Å². The highest BCUT2D eigenvalue weighted by atomic mass is 16.6. The molecular weight excluding hydrogens is 376 g/mol. The van der Waals surface area contributed by atoms with E-state index in [1.54, 1.807) is 0 Å². The number of hydrogen-bond donors (Lipinski definition) is 4. The quantitative estimate of drug-likeness (QED) is 0.231. The predicted octanol–water partition coefficient (Wildman–Crippen LogP) is 0.829. The molecule has 0 radical (unpaired) electrons. The van der Waals surface area contributed by atoms with Crippen LogP contribution in [0.2, 0.25) is 0 Å². The van der Waals surface area contributed by atoms with Gasteiger partial charge in [-0.1, -0.05) is 6.07 Å². The van der Waals surface area contributed by atoms with Gasteiger partial charge in [-0.25, -0.2) is 9.59 Å². The summed E-state index contributed by atoms with van der Waals surface area (Å²) in [4.78, 5) is 23.2. The van der Waals surface area contributed by atoms with Crippen LogP contribution in [0, 0.1) is 0 Å². The van der Waals surface area contributed by atoms with Crippen LogP contribution in [0.4, 0.5) is 0 Å². The summed E-state index contributed by atoms with van der Waals surface area (Å²) < 4.78 is 20.4. The van der Waals surface area contributed by atoms with Gasteiger partial charge in [-0.3, -0.25) is 0 Å². The number of benzene rings is 1. The van der Waals surface area contributed by atoms with Gasteiger partial charge in [0.25, 0.3) is 0 Å². The van der Waals surface area contributed by atoms with Gasteiger partial charge in [-0.15, -0.1) is 0 Å². The normalized spacial score (nSPS) is 10.9. The van der Waals surface area contributed by atoms with Crippen molar-refractivity contribution >= 4 is 11.9 Å². The molecule has 0 aromatic heterocycles. The molecule has 0 aliphatic rings. The van der Waals surface area contributed by atoms with E-state index in [-0.39, 0.29) is 56.5 Å². The topological polar surface area (TPSA) is 152 Å². The monoisotopic (exact) mass is 402 g/mol. The molecule has 10 heteroatoms. The molecule has 0 saturated carbocycles. The minimum Gasteiger partial charge on any atom is -0.478 e. The van der Waals surface area contributed by atoms with Gasteiger partial charge in [0.05, 0.1) is 37.6 Å². The van der Waals surface area contributed by atoms with Gasteiger partial charge in [-0.05, 0) is 24.5 Å². The number of aliphatic hydroxyl groups excluding tert-OH is 2. The number of carbonyl (C=O) groups is 2. The van der Waals surface area contributed by atoms with Crippen molar-refractivity contribution in [1.29, 1.82) is 0 Å². The maximum Gasteiger partial charge on any atom is 0.336 e. The number of hydrogen-bond acceptors (Lipinski definition) is 8. The Morgan fingerprint density at radius 1 is 0.750 bits per heavy atom. The molecule has 0 spiro atoms. The summed E-state index contributed by atoms with van der Waals surface area (Å²) in [6.45, 7) is 0.0791. The number of rotatable bonds is 16. The second-order valence-electron chi connectivity index (χ2n) is 5.62. The van der Waals surface area contributed by atoms with Crippen LogP contribution in [-0.4, -0.2) is 72.4 Å². The SMILES string of the molecule is O=C(O)c1ccc(COCCCOCO)c(C(=O)O)c1COCCCOCO. The first-order valence-electron chi connectivity index (χ1n) is 8.67. The molecule has 1 aromatic carbocycles. The van der Waals surface area contributed by atoms with Crippen molar-refractivity contribution in [3.63, 3.8) is 0 Å². The summed E-state index contributed by atoms with van der Waals surface area (Å²) in [5.74, 6) is -2.52. The van der Waals surface area contributed by atoms with E-state index in [1.807, 2.05) is 0 Å². The number of ether oxygens (including phenoxy) is 4. The summed E-state index contributed by atoms with van der Waals surface area (Å²) in [6.07, 6.45) is 0.978. The van der Waals surface area contributed by atoms with E-state index in [4.69, 9.17) is 29.2 Å². The predicted molar refractivity (Wildman–Crippen MR) is 95.0 cm³/mol. The second kappa shape index (κ2) is 14.0. The second-order valence-corrected chi connectivity index (χ2v) is 5.62. The smallest absolute Gasteiger partial charge is 0.336 e. The van der Waals surface area contributed by atoms with Crippen molar-refractivity contribution < 1.29 is 49.0 Å². The number of carboxylic acids is 2. The van der Waals surface area contributed by atoms with Gasteiger partial charge in [0, 0.05) is 18.8 Å². The Labute approximate surface area is 162 Å². The molecule has 10 nitrogen and oxygen atoms in total. The van der Waals surface area contributed by atoms with Crippen molar-refractivity contribution in [2.75, 3.05) is 40.0 Å². The highest BCUT2D eigenvalue weighted by Crippen LogP contribution is 2.22. The molecule has 158 valence electrons. The van der Waals surface area contributed by atoms with Gasteiger partial charge >= 0.3 is 11.9 Å². The Bertz CT molecular complexity index is 617. The summed E-state index contributed by atoms with van der Waals surface area (Å²) >= 11 is 0. The first-order chi connectivity index (χ1) is 13.5. The van der Waals surface area contributed by atoms with Crippen molar-refractivity contribution in [2.24, 2.45) is 0 Å². The van der Waals surface area contributed by atoms with Crippen LogP contribution in [0.5, 0.6) is 0 Å². The molecule has 0 amide bonds. The summed E-state index contributed by atoms with van der Waals surface area (Å²) in [5, 5.41) is 36.0. The van der Waals surface area contributed by atoms with Crippen LogP contribution < -0.4 is 0 Å². The molecule has 0 heterocycles. The maximum absolute atomic E-state index is 11.8. The summed E-state index contributed by atoms with van der Waals surface area (Å²) in [5.41, 5.74) is 0.0952. The first kappa shape index (κ1) is 24.0.